The number of carbonyl (C=O) groups is 2. The molecule has 7 heteroatoms. The lowest BCUT2D eigenvalue weighted by Crippen LogP contribution is -2.37. The minimum absolute atomic E-state index is 0.0226. The molecular formula is C17H20F2NO3S-. The fourth-order valence-electron chi connectivity index (χ4n) is 2.66. The van der Waals surface area contributed by atoms with E-state index in [4.69, 9.17) is 0 Å². The molecule has 1 fully saturated rings. The molecule has 0 heterocycles. The Bertz CT molecular complexity index is 585. The average Bonchev–Trinajstić information content (AvgIpc) is 2.53. The highest BCUT2D eigenvalue weighted by Gasteiger charge is 2.34. The summed E-state index contributed by atoms with van der Waals surface area (Å²) in [7, 11) is 0. The topological polar surface area (TPSA) is 69.2 Å². The number of carboxylic acid groups (broad SMARTS) is 1. The normalized spacial score (nSPS) is 17.4. The number of amides is 1. The molecule has 0 bridgehead atoms. The molecule has 0 unspecified atom stereocenters. The molecule has 1 amide bonds. The third kappa shape index (κ3) is 6.11. The van der Waals surface area contributed by atoms with Gasteiger partial charge in [-0.15, -0.1) is 11.8 Å². The number of halogens is 2. The molecule has 0 saturated heterocycles. The van der Waals surface area contributed by atoms with E-state index in [0.717, 1.165) is 10.6 Å². The number of nitrogens with one attached hydrogen (secondary N) is 1. The number of carbonyl (C=O) groups excluding carboxylic acids is 2. The molecule has 0 atom stereocenters. The van der Waals surface area contributed by atoms with E-state index in [1.54, 1.807) is 30.0 Å². The van der Waals surface area contributed by atoms with Crippen molar-refractivity contribution in [2.45, 2.75) is 42.9 Å². The first-order valence-corrected chi connectivity index (χ1v) is 8.93. The number of Topliss-reactive ketones (excluding diaryl/α,β-unsaturated/α-hetero) is 1. The lowest BCUT2D eigenvalue weighted by atomic mass is 9.88. The average molecular weight is 356 g/mol. The number of ketones is 1. The number of benzene rings is 1. The van der Waals surface area contributed by atoms with Gasteiger partial charge in [0, 0.05) is 42.0 Å². The second-order valence-electron chi connectivity index (χ2n) is 6.03. The van der Waals surface area contributed by atoms with Gasteiger partial charge in [-0.2, -0.15) is 0 Å². The van der Waals surface area contributed by atoms with Crippen molar-refractivity contribution in [3.8, 4) is 0 Å². The van der Waals surface area contributed by atoms with Gasteiger partial charge in [-0.25, -0.2) is 8.78 Å². The van der Waals surface area contributed by atoms with Gasteiger partial charge in [0.2, 0.25) is 5.92 Å². The molecular weight excluding hydrogens is 336 g/mol. The summed E-state index contributed by atoms with van der Waals surface area (Å²) in [5, 5.41) is 12.3. The van der Waals surface area contributed by atoms with Crippen LogP contribution in [0, 0.1) is 5.92 Å². The zero-order valence-corrected chi connectivity index (χ0v) is 14.0. The molecule has 24 heavy (non-hydrogen) atoms. The van der Waals surface area contributed by atoms with Crippen molar-refractivity contribution in [3.05, 3.63) is 29.8 Å². The van der Waals surface area contributed by atoms with Crippen LogP contribution in [-0.2, 0) is 0 Å². The third-order valence-electron chi connectivity index (χ3n) is 4.10. The predicted octanol–water partition coefficient (Wildman–Crippen LogP) is 3.11. The molecule has 1 aromatic rings. The van der Waals surface area contributed by atoms with Crippen LogP contribution in [0.15, 0.2) is 29.2 Å². The molecule has 2 rings (SSSR count). The summed E-state index contributed by atoms with van der Waals surface area (Å²) in [4.78, 5) is 23.2. The van der Waals surface area contributed by atoms with Gasteiger partial charge >= 0.3 is 0 Å². The van der Waals surface area contributed by atoms with E-state index in [2.05, 4.69) is 5.32 Å². The summed E-state index contributed by atoms with van der Waals surface area (Å²) in [6, 6.07) is 7.12. The van der Waals surface area contributed by atoms with E-state index in [1.165, 1.54) is 0 Å². The highest BCUT2D eigenvalue weighted by Crippen LogP contribution is 2.38. The van der Waals surface area contributed by atoms with Gasteiger partial charge in [0.15, 0.2) is 5.78 Å². The Balaban J connectivity index is 1.82. The Morgan fingerprint density at radius 2 is 2.00 bits per heavy atom. The Labute approximate surface area is 144 Å². The summed E-state index contributed by atoms with van der Waals surface area (Å²) in [5.41, 5.74) is 0.523. The summed E-state index contributed by atoms with van der Waals surface area (Å²) < 4.78 is 26.3. The number of alkyl halides is 2. The predicted molar refractivity (Wildman–Crippen MR) is 86.4 cm³/mol. The van der Waals surface area contributed by atoms with E-state index in [-0.39, 0.29) is 37.5 Å². The van der Waals surface area contributed by atoms with Gasteiger partial charge in [0.05, 0.1) is 0 Å². The van der Waals surface area contributed by atoms with Gasteiger partial charge in [0.1, 0.15) is 6.09 Å². The van der Waals surface area contributed by atoms with Crippen LogP contribution in [-0.4, -0.2) is 30.1 Å². The van der Waals surface area contributed by atoms with E-state index < -0.39 is 12.0 Å². The van der Waals surface area contributed by atoms with Crippen LogP contribution in [0.5, 0.6) is 0 Å². The SMILES string of the molecule is O=C([O-])NCCC(=O)c1cccc(SCC2CCC(F)(F)CC2)c1. The molecule has 0 radical (unpaired) electrons. The first-order valence-electron chi connectivity index (χ1n) is 7.94. The van der Waals surface area contributed by atoms with Gasteiger partial charge in [-0.1, -0.05) is 12.1 Å². The van der Waals surface area contributed by atoms with E-state index >= 15 is 0 Å². The van der Waals surface area contributed by atoms with Crippen molar-refractivity contribution in [1.29, 1.82) is 0 Å². The summed E-state index contributed by atoms with van der Waals surface area (Å²) in [6.45, 7) is 0.0226. The molecule has 1 saturated carbocycles. The van der Waals surface area contributed by atoms with Gasteiger partial charge in [-0.3, -0.25) is 4.79 Å². The van der Waals surface area contributed by atoms with Crippen molar-refractivity contribution in [3.63, 3.8) is 0 Å². The number of hydrogen-bond donors (Lipinski definition) is 1. The monoisotopic (exact) mass is 356 g/mol. The standard InChI is InChI=1S/C17H21F2NO3S/c18-17(19)7-4-12(5-8-17)11-24-14-3-1-2-13(10-14)15(21)6-9-20-16(22)23/h1-3,10,12,20H,4-9,11H2,(H,22,23)/p-1. The smallest absolute Gasteiger partial charge is 0.248 e. The number of hydrogen-bond acceptors (Lipinski definition) is 4. The molecule has 0 aliphatic heterocycles. The van der Waals surface area contributed by atoms with Crippen molar-refractivity contribution in [1.82, 2.24) is 5.32 Å². The maximum absolute atomic E-state index is 13.1. The largest absolute Gasteiger partial charge is 0.530 e. The van der Waals surface area contributed by atoms with Gasteiger partial charge < -0.3 is 15.2 Å². The number of thioether (sulfide) groups is 1. The minimum Gasteiger partial charge on any atom is -0.530 e. The second kappa shape index (κ2) is 8.46. The van der Waals surface area contributed by atoms with Gasteiger partial charge in [-0.05, 0) is 30.9 Å². The van der Waals surface area contributed by atoms with Gasteiger partial charge in [0.25, 0.3) is 0 Å². The van der Waals surface area contributed by atoms with Crippen LogP contribution in [0.4, 0.5) is 13.6 Å². The Morgan fingerprint density at radius 1 is 1.29 bits per heavy atom. The lowest BCUT2D eigenvalue weighted by Gasteiger charge is -2.27. The molecule has 132 valence electrons. The molecule has 1 aliphatic carbocycles. The third-order valence-corrected chi connectivity index (χ3v) is 5.33. The van der Waals surface area contributed by atoms with Crippen LogP contribution in [0.25, 0.3) is 0 Å². The number of rotatable bonds is 7. The highest BCUT2D eigenvalue weighted by atomic mass is 32.2. The lowest BCUT2D eigenvalue weighted by molar-refractivity contribution is -0.250. The summed E-state index contributed by atoms with van der Waals surface area (Å²) >= 11 is 1.57. The van der Waals surface area contributed by atoms with Crippen molar-refractivity contribution >= 4 is 23.6 Å². The fourth-order valence-corrected chi connectivity index (χ4v) is 3.81. The van der Waals surface area contributed by atoms with Crippen LogP contribution >= 0.6 is 11.8 Å². The maximum atomic E-state index is 13.1. The van der Waals surface area contributed by atoms with Crippen LogP contribution < -0.4 is 10.4 Å². The molecule has 4 nitrogen and oxygen atoms in total. The Morgan fingerprint density at radius 3 is 2.67 bits per heavy atom. The first-order chi connectivity index (χ1) is 11.4. The fraction of sp³-hybridized carbons (Fsp3) is 0.529. The molecule has 1 N–H and O–H groups in total. The van der Waals surface area contributed by atoms with Crippen molar-refractivity contribution in [2.24, 2.45) is 5.92 Å². The minimum atomic E-state index is -2.51. The quantitative estimate of drug-likeness (QED) is 0.602. The Hall–Kier alpha value is -1.63. The van der Waals surface area contributed by atoms with Crippen LogP contribution in [0.3, 0.4) is 0 Å². The zero-order valence-electron chi connectivity index (χ0n) is 13.2. The highest BCUT2D eigenvalue weighted by molar-refractivity contribution is 7.99. The van der Waals surface area contributed by atoms with E-state index in [0.29, 0.717) is 18.4 Å². The Kier molecular flexibility index (Phi) is 6.60. The second-order valence-corrected chi connectivity index (χ2v) is 7.12. The summed E-state index contributed by atoms with van der Waals surface area (Å²) in [6.07, 6.45) is -0.337. The maximum Gasteiger partial charge on any atom is 0.248 e. The van der Waals surface area contributed by atoms with E-state index in [9.17, 15) is 23.5 Å². The molecule has 0 aromatic heterocycles. The molecule has 1 aliphatic rings. The van der Waals surface area contributed by atoms with Crippen molar-refractivity contribution < 1.29 is 23.5 Å². The van der Waals surface area contributed by atoms with Crippen molar-refractivity contribution in [2.75, 3.05) is 12.3 Å². The first kappa shape index (κ1) is 18.7. The van der Waals surface area contributed by atoms with Crippen LogP contribution in [0.2, 0.25) is 0 Å². The summed E-state index contributed by atoms with van der Waals surface area (Å²) in [5.74, 6) is -1.61. The van der Waals surface area contributed by atoms with Crippen LogP contribution in [0.1, 0.15) is 42.5 Å². The molecule has 0 spiro atoms. The zero-order chi connectivity index (χ0) is 17.6. The molecule has 1 aromatic carbocycles. The van der Waals surface area contributed by atoms with E-state index in [1.807, 2.05) is 6.07 Å².